The molecule has 0 heterocycles. The van der Waals surface area contributed by atoms with Crippen molar-refractivity contribution in [2.24, 2.45) is 17.6 Å². The van der Waals surface area contributed by atoms with Gasteiger partial charge in [-0.3, -0.25) is 4.79 Å². The van der Waals surface area contributed by atoms with Gasteiger partial charge in [-0.2, -0.15) is 0 Å². The van der Waals surface area contributed by atoms with E-state index in [1.54, 1.807) is 0 Å². The molecule has 0 aromatic carbocycles. The van der Waals surface area contributed by atoms with Gasteiger partial charge in [0.1, 0.15) is 0 Å². The third-order valence-electron chi connectivity index (χ3n) is 3.35. The van der Waals surface area contributed by atoms with E-state index >= 15 is 0 Å². The monoisotopic (exact) mass is 213 g/mol. The first-order chi connectivity index (χ1) is 7.11. The van der Waals surface area contributed by atoms with Gasteiger partial charge in [0.15, 0.2) is 0 Å². The van der Waals surface area contributed by atoms with E-state index in [1.165, 1.54) is 32.1 Å². The number of nitrogens with two attached hydrogens (primary N) is 1. The summed E-state index contributed by atoms with van der Waals surface area (Å²) >= 11 is 0. The maximum Gasteiger partial charge on any atom is 0.310 e. The van der Waals surface area contributed by atoms with Crippen LogP contribution in [0.15, 0.2) is 0 Å². The summed E-state index contributed by atoms with van der Waals surface area (Å²) in [5.74, 6) is 0.257. The van der Waals surface area contributed by atoms with Gasteiger partial charge in [0.05, 0.1) is 12.5 Å². The fourth-order valence-corrected chi connectivity index (χ4v) is 1.90. The first kappa shape index (κ1) is 12.5. The maximum absolute atomic E-state index is 11.5. The molecule has 0 aromatic rings. The summed E-state index contributed by atoms with van der Waals surface area (Å²) < 4.78 is 5.29. The van der Waals surface area contributed by atoms with Crippen molar-refractivity contribution in [3.63, 3.8) is 0 Å². The van der Waals surface area contributed by atoms with Crippen molar-refractivity contribution in [2.45, 2.75) is 52.0 Å². The van der Waals surface area contributed by atoms with Crippen LogP contribution < -0.4 is 5.73 Å². The normalized spacial score (nSPS) is 22.1. The Balaban J connectivity index is 2.20. The summed E-state index contributed by atoms with van der Waals surface area (Å²) in [6.07, 6.45) is 6.32. The fraction of sp³-hybridized carbons (Fsp3) is 0.917. The van der Waals surface area contributed by atoms with Crippen LogP contribution in [0.2, 0.25) is 0 Å². The molecule has 2 unspecified atom stereocenters. The van der Waals surface area contributed by atoms with Crippen LogP contribution >= 0.6 is 0 Å². The van der Waals surface area contributed by atoms with Crippen LogP contribution in [-0.4, -0.2) is 18.6 Å². The van der Waals surface area contributed by atoms with Crippen molar-refractivity contribution < 1.29 is 9.53 Å². The van der Waals surface area contributed by atoms with Crippen molar-refractivity contribution in [1.82, 2.24) is 0 Å². The second kappa shape index (κ2) is 6.11. The van der Waals surface area contributed by atoms with Gasteiger partial charge < -0.3 is 10.5 Å². The van der Waals surface area contributed by atoms with Crippen LogP contribution in [0.25, 0.3) is 0 Å². The molecular weight excluding hydrogens is 190 g/mol. The number of hydrogen-bond acceptors (Lipinski definition) is 3. The fourth-order valence-electron chi connectivity index (χ4n) is 1.90. The van der Waals surface area contributed by atoms with Crippen LogP contribution in [0.5, 0.6) is 0 Å². The molecule has 3 heteroatoms. The van der Waals surface area contributed by atoms with E-state index in [9.17, 15) is 4.79 Å². The molecule has 1 fully saturated rings. The van der Waals surface area contributed by atoms with Gasteiger partial charge in [0, 0.05) is 6.04 Å². The molecule has 1 rings (SSSR count). The Labute approximate surface area is 92.4 Å². The first-order valence-corrected chi connectivity index (χ1v) is 6.03. The second-order valence-electron chi connectivity index (χ2n) is 4.78. The van der Waals surface area contributed by atoms with Gasteiger partial charge in [0.25, 0.3) is 0 Å². The average molecular weight is 213 g/mol. The Morgan fingerprint density at radius 2 is 1.93 bits per heavy atom. The van der Waals surface area contributed by atoms with Crippen molar-refractivity contribution in [3.8, 4) is 0 Å². The number of carbonyl (C=O) groups is 1. The molecule has 88 valence electrons. The predicted octanol–water partition coefficient (Wildman–Crippen LogP) is 2.09. The van der Waals surface area contributed by atoms with Gasteiger partial charge in [-0.1, -0.05) is 26.2 Å². The molecule has 2 atom stereocenters. The summed E-state index contributed by atoms with van der Waals surface area (Å²) in [5.41, 5.74) is 5.64. The smallest absolute Gasteiger partial charge is 0.310 e. The van der Waals surface area contributed by atoms with Crippen LogP contribution in [-0.2, 0) is 9.53 Å². The van der Waals surface area contributed by atoms with Crippen molar-refractivity contribution >= 4 is 5.97 Å². The lowest BCUT2D eigenvalue weighted by Crippen LogP contribution is -2.32. The van der Waals surface area contributed by atoms with Gasteiger partial charge in [0.2, 0.25) is 0 Å². The molecule has 0 bridgehead atoms. The lowest BCUT2D eigenvalue weighted by molar-refractivity contribution is -0.150. The highest BCUT2D eigenvalue weighted by Crippen LogP contribution is 2.23. The Morgan fingerprint density at radius 3 is 2.47 bits per heavy atom. The summed E-state index contributed by atoms with van der Waals surface area (Å²) in [4.78, 5) is 11.5. The summed E-state index contributed by atoms with van der Waals surface area (Å²) in [5, 5.41) is 0. The second-order valence-corrected chi connectivity index (χ2v) is 4.78. The Hall–Kier alpha value is -0.570. The minimum absolute atomic E-state index is 0.121. The molecule has 0 radical (unpaired) electrons. The average Bonchev–Trinajstić information content (AvgIpc) is 2.26. The summed E-state index contributed by atoms with van der Waals surface area (Å²) in [6, 6.07) is -0.121. The van der Waals surface area contributed by atoms with Crippen molar-refractivity contribution in [3.05, 3.63) is 0 Å². The zero-order valence-corrected chi connectivity index (χ0v) is 9.87. The highest BCUT2D eigenvalue weighted by molar-refractivity contribution is 5.72. The van der Waals surface area contributed by atoms with Gasteiger partial charge in [-0.15, -0.1) is 0 Å². The highest BCUT2D eigenvalue weighted by Gasteiger charge is 2.21. The number of hydrogen-bond donors (Lipinski definition) is 1. The Bertz CT molecular complexity index is 198. The molecule has 1 aliphatic carbocycles. The Kier molecular flexibility index (Phi) is 5.09. The molecule has 0 amide bonds. The largest absolute Gasteiger partial charge is 0.465 e. The molecule has 0 spiro atoms. The van der Waals surface area contributed by atoms with E-state index in [0.717, 1.165) is 0 Å². The molecule has 0 aromatic heterocycles. The predicted molar refractivity (Wildman–Crippen MR) is 60.3 cm³/mol. The number of ether oxygens (including phenoxy) is 1. The Morgan fingerprint density at radius 1 is 1.33 bits per heavy atom. The third-order valence-corrected chi connectivity index (χ3v) is 3.35. The number of rotatable bonds is 4. The zero-order chi connectivity index (χ0) is 11.3. The molecular formula is C12H23NO2. The standard InChI is InChI=1S/C12H23NO2/c1-9(10(2)13)12(14)15-8-11-6-4-3-5-7-11/h9-11H,3-8,13H2,1-2H3. The number of esters is 1. The number of carbonyl (C=O) groups excluding carboxylic acids is 1. The van der Waals surface area contributed by atoms with E-state index in [4.69, 9.17) is 10.5 Å². The van der Waals surface area contributed by atoms with E-state index in [2.05, 4.69) is 0 Å². The van der Waals surface area contributed by atoms with Gasteiger partial charge in [-0.05, 0) is 25.7 Å². The minimum Gasteiger partial charge on any atom is -0.465 e. The first-order valence-electron chi connectivity index (χ1n) is 6.03. The molecule has 2 N–H and O–H groups in total. The molecule has 3 nitrogen and oxygen atoms in total. The quantitative estimate of drug-likeness (QED) is 0.727. The molecule has 15 heavy (non-hydrogen) atoms. The van der Waals surface area contributed by atoms with Crippen LogP contribution in [0.4, 0.5) is 0 Å². The molecule has 1 aliphatic rings. The van der Waals surface area contributed by atoms with Crippen molar-refractivity contribution in [2.75, 3.05) is 6.61 Å². The van der Waals surface area contributed by atoms with Crippen LogP contribution in [0.3, 0.4) is 0 Å². The maximum atomic E-state index is 11.5. The highest BCUT2D eigenvalue weighted by atomic mass is 16.5. The van der Waals surface area contributed by atoms with Crippen molar-refractivity contribution in [1.29, 1.82) is 0 Å². The summed E-state index contributed by atoms with van der Waals surface area (Å²) in [6.45, 7) is 4.26. The molecule has 0 saturated heterocycles. The summed E-state index contributed by atoms with van der Waals surface area (Å²) in [7, 11) is 0. The van der Waals surface area contributed by atoms with E-state index in [1.807, 2.05) is 13.8 Å². The molecule has 0 aliphatic heterocycles. The minimum atomic E-state index is -0.186. The van der Waals surface area contributed by atoms with Gasteiger partial charge in [-0.25, -0.2) is 0 Å². The van der Waals surface area contributed by atoms with Crippen LogP contribution in [0, 0.1) is 11.8 Å². The van der Waals surface area contributed by atoms with E-state index in [-0.39, 0.29) is 17.9 Å². The lowest BCUT2D eigenvalue weighted by Gasteiger charge is -2.22. The molecule has 1 saturated carbocycles. The SMILES string of the molecule is CC(N)C(C)C(=O)OCC1CCCCC1. The third kappa shape index (κ3) is 4.20. The lowest BCUT2D eigenvalue weighted by atomic mass is 9.90. The van der Waals surface area contributed by atoms with E-state index in [0.29, 0.717) is 12.5 Å². The topological polar surface area (TPSA) is 52.3 Å². The van der Waals surface area contributed by atoms with Crippen LogP contribution in [0.1, 0.15) is 46.0 Å². The van der Waals surface area contributed by atoms with Gasteiger partial charge >= 0.3 is 5.97 Å². The van der Waals surface area contributed by atoms with E-state index < -0.39 is 0 Å². The zero-order valence-electron chi connectivity index (χ0n) is 9.87.